The van der Waals surface area contributed by atoms with E-state index in [1.807, 2.05) is 0 Å². The van der Waals surface area contributed by atoms with Crippen LogP contribution in [0.15, 0.2) is 121 Å². The van der Waals surface area contributed by atoms with Gasteiger partial charge in [-0.15, -0.1) is 10.2 Å². The predicted molar refractivity (Wildman–Crippen MR) is 157 cm³/mol. The lowest BCUT2D eigenvalue weighted by atomic mass is 10.1. The number of aryl methyl sites for hydroxylation is 2. The molecule has 40 heavy (non-hydrogen) atoms. The van der Waals surface area contributed by atoms with Gasteiger partial charge in [-0.3, -0.25) is 0 Å². The smallest absolute Gasteiger partial charge is 0.225 e. The zero-order valence-electron chi connectivity index (χ0n) is 21.4. The number of benzene rings is 4. The molecule has 4 aromatic carbocycles. The fourth-order valence-corrected chi connectivity index (χ4v) is 7.28. The van der Waals surface area contributed by atoms with E-state index in [0.29, 0.717) is 0 Å². The molecule has 0 fully saturated rings. The normalized spacial score (nSPS) is 12.3. The molecule has 6 rings (SSSR count). The quantitative estimate of drug-likeness (QED) is 0.212. The maximum absolute atomic E-state index is 13.3. The van der Waals surface area contributed by atoms with E-state index in [0.717, 1.165) is 49.2 Å². The summed E-state index contributed by atoms with van der Waals surface area (Å²) in [5.41, 5.74) is 5.18. The van der Waals surface area contributed by atoms with Crippen molar-refractivity contribution in [3.8, 4) is 5.69 Å². The summed E-state index contributed by atoms with van der Waals surface area (Å²) in [5, 5.41) is 9.11. The van der Waals surface area contributed by atoms with Gasteiger partial charge in [-0.1, -0.05) is 39.2 Å². The molecular weight excluding hydrogens is 610 g/mol. The first kappa shape index (κ1) is 26.4. The molecule has 0 saturated heterocycles. The number of fused-ring (bicyclic) bond motifs is 3. The average molecular weight is 633 g/mol. The first-order valence-electron chi connectivity index (χ1n) is 12.3. The summed E-state index contributed by atoms with van der Waals surface area (Å²) in [5.74, 6) is 0. The van der Waals surface area contributed by atoms with Gasteiger partial charge in [0.15, 0.2) is 10.1 Å². The number of sulfone groups is 2. The molecule has 6 aromatic rings. The summed E-state index contributed by atoms with van der Waals surface area (Å²) in [6.45, 7) is 4.12. The summed E-state index contributed by atoms with van der Waals surface area (Å²) < 4.78 is 55.3. The zero-order valence-corrected chi connectivity index (χ0v) is 24.6. The first-order chi connectivity index (χ1) is 19.1. The van der Waals surface area contributed by atoms with Gasteiger partial charge in [-0.2, -0.15) is 0 Å². The minimum Gasteiger partial charge on any atom is -0.309 e. The van der Waals surface area contributed by atoms with Crippen molar-refractivity contribution in [1.82, 2.24) is 14.8 Å². The molecule has 0 radical (unpaired) electrons. The van der Waals surface area contributed by atoms with Crippen LogP contribution in [-0.4, -0.2) is 31.6 Å². The van der Waals surface area contributed by atoms with Crippen LogP contribution >= 0.6 is 15.9 Å². The number of hydrogen-bond donors (Lipinski definition) is 0. The van der Waals surface area contributed by atoms with E-state index in [1.54, 1.807) is 24.3 Å². The minimum atomic E-state index is -4.04. The highest BCUT2D eigenvalue weighted by Crippen LogP contribution is 2.34. The van der Waals surface area contributed by atoms with E-state index in [1.165, 1.54) is 30.3 Å². The Hall–Kier alpha value is -3.86. The summed E-state index contributed by atoms with van der Waals surface area (Å²) in [7, 11) is -7.98. The van der Waals surface area contributed by atoms with Gasteiger partial charge in [0.25, 0.3) is 0 Å². The fraction of sp³-hybridized carbons (Fsp3) is 0.0667. The van der Waals surface area contributed by atoms with Crippen molar-refractivity contribution in [3.63, 3.8) is 0 Å². The zero-order chi connectivity index (χ0) is 28.2. The largest absolute Gasteiger partial charge is 0.309 e. The van der Waals surface area contributed by atoms with Crippen LogP contribution in [0.5, 0.6) is 0 Å². The first-order valence-corrected chi connectivity index (χ1v) is 16.0. The molecular formula is C30H22BrN3O4S2. The van der Waals surface area contributed by atoms with E-state index >= 15 is 0 Å². The molecule has 0 N–H and O–H groups in total. The van der Waals surface area contributed by atoms with E-state index in [4.69, 9.17) is 0 Å². The van der Waals surface area contributed by atoms with E-state index in [2.05, 4.69) is 80.9 Å². The van der Waals surface area contributed by atoms with Gasteiger partial charge in [0.2, 0.25) is 19.7 Å². The molecule has 10 heteroatoms. The molecule has 7 nitrogen and oxygen atoms in total. The molecule has 2 heterocycles. The molecule has 2 aromatic heterocycles. The SMILES string of the molecule is Cc1ccc2c(c1)c1cc(C)ccc1n2-c1ccc(S(=O)(=O)c2ccc(S(=O)(=O)c3ccc(Br)cc3)nn2)cc1. The molecule has 0 saturated carbocycles. The molecule has 0 atom stereocenters. The Balaban J connectivity index is 1.36. The Morgan fingerprint density at radius 3 is 1.43 bits per heavy atom. The van der Waals surface area contributed by atoms with Gasteiger partial charge >= 0.3 is 0 Å². The van der Waals surface area contributed by atoms with Crippen LogP contribution in [-0.2, 0) is 19.7 Å². The average Bonchev–Trinajstić information content (AvgIpc) is 3.26. The molecule has 0 aliphatic heterocycles. The molecule has 200 valence electrons. The Bertz CT molecular complexity index is 2080. The van der Waals surface area contributed by atoms with Crippen molar-refractivity contribution in [1.29, 1.82) is 0 Å². The third-order valence-electron chi connectivity index (χ3n) is 6.77. The fourth-order valence-electron chi connectivity index (χ4n) is 4.75. The monoisotopic (exact) mass is 631 g/mol. The molecule has 0 unspecified atom stereocenters. The second-order valence-electron chi connectivity index (χ2n) is 9.54. The third-order valence-corrected chi connectivity index (χ3v) is 10.6. The highest BCUT2D eigenvalue weighted by Gasteiger charge is 2.24. The topological polar surface area (TPSA) is 99.0 Å². The van der Waals surface area contributed by atoms with E-state index in [-0.39, 0.29) is 19.8 Å². The van der Waals surface area contributed by atoms with Crippen LogP contribution < -0.4 is 0 Å². The lowest BCUT2D eigenvalue weighted by molar-refractivity contribution is 0.580. The molecule has 0 spiro atoms. The lowest BCUT2D eigenvalue weighted by Crippen LogP contribution is -2.10. The molecule has 0 bridgehead atoms. The van der Waals surface area contributed by atoms with Crippen LogP contribution in [0.25, 0.3) is 27.5 Å². The summed E-state index contributed by atoms with van der Waals surface area (Å²) >= 11 is 3.27. The maximum Gasteiger partial charge on any atom is 0.225 e. The summed E-state index contributed by atoms with van der Waals surface area (Å²) in [6, 6.07) is 27.5. The number of halogens is 1. The van der Waals surface area contributed by atoms with Gasteiger partial charge in [0, 0.05) is 20.9 Å². The van der Waals surface area contributed by atoms with E-state index in [9.17, 15) is 16.8 Å². The molecule has 0 aliphatic rings. The Labute approximate surface area is 240 Å². The lowest BCUT2D eigenvalue weighted by Gasteiger charge is -2.10. The number of rotatable bonds is 5. The van der Waals surface area contributed by atoms with Gasteiger partial charge in [0.1, 0.15) is 0 Å². The highest BCUT2D eigenvalue weighted by molar-refractivity contribution is 9.10. The standard InChI is InChI=1S/C30H22BrN3O4S2/c1-19-3-13-27-25(17-19)26-18-20(2)4-14-28(26)34(27)22-7-11-24(12-8-22)40(37,38)30-16-15-29(32-33-30)39(35,36)23-9-5-21(31)6-10-23/h3-18H,1-2H3. The second kappa shape index (κ2) is 9.65. The summed E-state index contributed by atoms with van der Waals surface area (Å²) in [6.07, 6.45) is 0. The van der Waals surface area contributed by atoms with E-state index < -0.39 is 19.7 Å². The van der Waals surface area contributed by atoms with Crippen LogP contribution in [0.1, 0.15) is 11.1 Å². The van der Waals surface area contributed by atoms with Gasteiger partial charge in [0.05, 0.1) is 20.8 Å². The van der Waals surface area contributed by atoms with Crippen molar-refractivity contribution in [2.24, 2.45) is 0 Å². The third kappa shape index (κ3) is 4.42. The van der Waals surface area contributed by atoms with Crippen LogP contribution in [0, 0.1) is 13.8 Å². The van der Waals surface area contributed by atoms with Crippen molar-refractivity contribution >= 4 is 57.4 Å². The minimum absolute atomic E-state index is 0.0292. The van der Waals surface area contributed by atoms with Crippen LogP contribution in [0.4, 0.5) is 0 Å². The van der Waals surface area contributed by atoms with Crippen molar-refractivity contribution < 1.29 is 16.8 Å². The molecule has 0 amide bonds. The van der Waals surface area contributed by atoms with Crippen molar-refractivity contribution in [3.05, 3.63) is 113 Å². The second-order valence-corrected chi connectivity index (χ2v) is 14.2. The van der Waals surface area contributed by atoms with Crippen molar-refractivity contribution in [2.45, 2.75) is 33.7 Å². The Kier molecular flexibility index (Phi) is 6.36. The van der Waals surface area contributed by atoms with Crippen LogP contribution in [0.2, 0.25) is 0 Å². The van der Waals surface area contributed by atoms with Gasteiger partial charge in [-0.25, -0.2) is 16.8 Å². The predicted octanol–water partition coefficient (Wildman–Crippen LogP) is 6.62. The van der Waals surface area contributed by atoms with Gasteiger partial charge in [-0.05, 0) is 98.8 Å². The Morgan fingerprint density at radius 1 is 0.575 bits per heavy atom. The maximum atomic E-state index is 13.3. The highest BCUT2D eigenvalue weighted by atomic mass is 79.9. The number of hydrogen-bond acceptors (Lipinski definition) is 6. The Morgan fingerprint density at radius 2 is 1.00 bits per heavy atom. The van der Waals surface area contributed by atoms with Gasteiger partial charge < -0.3 is 4.57 Å². The number of nitrogens with zero attached hydrogens (tertiary/aromatic N) is 3. The molecule has 0 aliphatic carbocycles. The van der Waals surface area contributed by atoms with Crippen LogP contribution in [0.3, 0.4) is 0 Å². The number of aromatic nitrogens is 3. The summed E-state index contributed by atoms with van der Waals surface area (Å²) in [4.78, 5) is 0.0631. The van der Waals surface area contributed by atoms with Crippen molar-refractivity contribution in [2.75, 3.05) is 0 Å².